The van der Waals surface area contributed by atoms with Gasteiger partial charge in [0.2, 0.25) is 0 Å². The van der Waals surface area contributed by atoms with Gasteiger partial charge in [-0.05, 0) is 71.7 Å². The minimum atomic E-state index is 0.0270. The number of rotatable bonds is 1. The smallest absolute Gasteiger partial charge is 0.262 e. The lowest BCUT2D eigenvalue weighted by molar-refractivity contribution is 0.433. The number of pyridine rings is 1. The molecule has 0 radical (unpaired) electrons. The molecule has 1 N–H and O–H groups in total. The zero-order chi connectivity index (χ0) is 24.3. The molecule has 6 aromatic rings. The summed E-state index contributed by atoms with van der Waals surface area (Å²) in [5.74, 6) is 0.639. The summed E-state index contributed by atoms with van der Waals surface area (Å²) >= 11 is 0. The van der Waals surface area contributed by atoms with Gasteiger partial charge in [0.1, 0.15) is 11.4 Å². The zero-order valence-electron chi connectivity index (χ0n) is 20.8. The van der Waals surface area contributed by atoms with Crippen LogP contribution in [-0.2, 0) is 24.8 Å². The molecular formula is C31H27N3O2. The van der Waals surface area contributed by atoms with E-state index in [1.54, 1.807) is 0 Å². The van der Waals surface area contributed by atoms with Crippen LogP contribution in [0.25, 0.3) is 55.1 Å². The maximum absolute atomic E-state index is 13.7. The Kier molecular flexibility index (Phi) is 3.77. The first-order valence-corrected chi connectivity index (χ1v) is 12.9. The number of benzene rings is 3. The molecule has 0 fully saturated rings. The Morgan fingerprint density at radius 1 is 1.11 bits per heavy atom. The normalized spacial score (nSPS) is 16.5. The molecule has 36 heavy (non-hydrogen) atoms. The number of H-pyrrole nitrogens is 1. The van der Waals surface area contributed by atoms with Crippen LogP contribution in [0.2, 0.25) is 0 Å². The largest absolute Gasteiger partial charge is 0.463 e. The first-order valence-electron chi connectivity index (χ1n) is 12.9. The molecule has 0 saturated carbocycles. The maximum atomic E-state index is 13.7. The standard InChI is InChI=1S/C31H27N3O2/c1-16-15-36-28-20-9-10-22-19(8-5-12-31(22,2)3)24(20)26-25(23(16)28)32-29(33-26)21-14-18-7-4-6-17-11-13-34(27(17)18)30(21)35/h4,6-7,9-10,14-15H,5,8,11-13H2,1-3H3,(H,32,33). The lowest BCUT2D eigenvalue weighted by Gasteiger charge is -2.33. The van der Waals surface area contributed by atoms with Crippen LogP contribution < -0.4 is 5.56 Å². The molecular weight excluding hydrogens is 446 g/mol. The van der Waals surface area contributed by atoms with E-state index in [-0.39, 0.29) is 11.0 Å². The summed E-state index contributed by atoms with van der Waals surface area (Å²) in [6.45, 7) is 7.48. The van der Waals surface area contributed by atoms with E-state index < -0.39 is 0 Å². The van der Waals surface area contributed by atoms with Gasteiger partial charge >= 0.3 is 0 Å². The van der Waals surface area contributed by atoms with Crippen LogP contribution in [0.15, 0.2) is 51.9 Å². The van der Waals surface area contributed by atoms with Crippen molar-refractivity contribution in [1.82, 2.24) is 14.5 Å². The summed E-state index contributed by atoms with van der Waals surface area (Å²) in [6.07, 6.45) is 6.11. The molecule has 0 spiro atoms. The van der Waals surface area contributed by atoms with Gasteiger partial charge in [0, 0.05) is 22.7 Å². The Bertz CT molecular complexity index is 1980. The Morgan fingerprint density at radius 2 is 2.00 bits per heavy atom. The molecule has 1 aliphatic heterocycles. The van der Waals surface area contributed by atoms with E-state index in [1.807, 2.05) is 16.9 Å². The second-order valence-electron chi connectivity index (χ2n) is 11.3. The van der Waals surface area contributed by atoms with Crippen molar-refractivity contribution in [3.8, 4) is 11.4 Å². The summed E-state index contributed by atoms with van der Waals surface area (Å²) in [4.78, 5) is 22.4. The van der Waals surface area contributed by atoms with Crippen LogP contribution in [0.3, 0.4) is 0 Å². The molecule has 2 aliphatic rings. The van der Waals surface area contributed by atoms with Gasteiger partial charge in [0.05, 0.1) is 28.4 Å². The van der Waals surface area contributed by atoms with Crippen LogP contribution in [0.1, 0.15) is 48.9 Å². The lowest BCUT2D eigenvalue weighted by Crippen LogP contribution is -2.23. The summed E-state index contributed by atoms with van der Waals surface area (Å²) in [5.41, 5.74) is 9.76. The van der Waals surface area contributed by atoms with E-state index in [4.69, 9.17) is 9.40 Å². The Labute approximate surface area is 207 Å². The molecule has 0 atom stereocenters. The van der Waals surface area contributed by atoms with Crippen LogP contribution in [0, 0.1) is 6.92 Å². The van der Waals surface area contributed by atoms with Crippen molar-refractivity contribution in [1.29, 1.82) is 0 Å². The average Bonchev–Trinajstić information content (AvgIpc) is 3.58. The van der Waals surface area contributed by atoms with Crippen LogP contribution in [-0.4, -0.2) is 14.5 Å². The Balaban J connectivity index is 1.52. The third-order valence-electron chi connectivity index (χ3n) is 8.74. The number of fused-ring (bicyclic) bond motifs is 8. The van der Waals surface area contributed by atoms with Gasteiger partial charge in [-0.1, -0.05) is 44.2 Å². The molecule has 1 aliphatic carbocycles. The van der Waals surface area contributed by atoms with Crippen molar-refractivity contribution >= 4 is 43.7 Å². The molecule has 0 saturated heterocycles. The topological polar surface area (TPSA) is 63.8 Å². The molecule has 8 rings (SSSR count). The maximum Gasteiger partial charge on any atom is 0.262 e. The third-order valence-corrected chi connectivity index (χ3v) is 8.74. The van der Waals surface area contributed by atoms with Crippen molar-refractivity contribution < 1.29 is 4.42 Å². The quantitative estimate of drug-likeness (QED) is 0.282. The highest BCUT2D eigenvalue weighted by Gasteiger charge is 2.31. The predicted molar refractivity (Wildman–Crippen MR) is 145 cm³/mol. The van der Waals surface area contributed by atoms with Crippen molar-refractivity contribution in [2.24, 2.45) is 0 Å². The number of aromatic nitrogens is 3. The second-order valence-corrected chi connectivity index (χ2v) is 11.3. The first kappa shape index (κ1) is 20.3. The third kappa shape index (κ3) is 2.45. The van der Waals surface area contributed by atoms with Crippen LogP contribution in [0.5, 0.6) is 0 Å². The van der Waals surface area contributed by atoms with E-state index in [0.29, 0.717) is 11.4 Å². The average molecular weight is 474 g/mol. The zero-order valence-corrected chi connectivity index (χ0v) is 20.8. The van der Waals surface area contributed by atoms with Gasteiger partial charge in [0.25, 0.3) is 5.56 Å². The van der Waals surface area contributed by atoms with Crippen LogP contribution in [0.4, 0.5) is 0 Å². The number of nitrogens with zero attached hydrogens (tertiary/aromatic N) is 2. The summed E-state index contributed by atoms with van der Waals surface area (Å²) in [5, 5.41) is 4.43. The van der Waals surface area contributed by atoms with E-state index >= 15 is 0 Å². The van der Waals surface area contributed by atoms with Crippen molar-refractivity contribution in [2.45, 2.75) is 58.4 Å². The number of aromatic amines is 1. The number of hydrogen-bond donors (Lipinski definition) is 1. The molecule has 3 aromatic carbocycles. The van der Waals surface area contributed by atoms with Gasteiger partial charge in [-0.15, -0.1) is 0 Å². The minimum Gasteiger partial charge on any atom is -0.463 e. The molecule has 5 heteroatoms. The van der Waals surface area contributed by atoms with E-state index in [1.165, 1.54) is 28.5 Å². The van der Waals surface area contributed by atoms with Gasteiger partial charge < -0.3 is 14.0 Å². The fraction of sp³-hybridized carbons (Fsp3) is 0.290. The highest BCUT2D eigenvalue weighted by atomic mass is 16.3. The van der Waals surface area contributed by atoms with E-state index in [0.717, 1.165) is 69.7 Å². The Hall–Kier alpha value is -3.86. The molecule has 0 unspecified atom stereocenters. The first-order chi connectivity index (χ1) is 17.4. The molecule has 4 heterocycles. The number of nitrogens with one attached hydrogen (secondary N) is 1. The number of imidazole rings is 1. The molecule has 5 nitrogen and oxygen atoms in total. The number of hydrogen-bond acceptors (Lipinski definition) is 3. The lowest BCUT2D eigenvalue weighted by atomic mass is 9.71. The number of furan rings is 1. The summed E-state index contributed by atoms with van der Waals surface area (Å²) < 4.78 is 8.06. The molecule has 0 bridgehead atoms. The summed E-state index contributed by atoms with van der Waals surface area (Å²) in [7, 11) is 0. The predicted octanol–water partition coefficient (Wildman–Crippen LogP) is 6.92. The number of para-hydroxylation sites is 1. The molecule has 0 amide bonds. The van der Waals surface area contributed by atoms with Crippen LogP contribution >= 0.6 is 0 Å². The van der Waals surface area contributed by atoms with Gasteiger partial charge in [-0.3, -0.25) is 4.79 Å². The van der Waals surface area contributed by atoms with E-state index in [9.17, 15) is 4.79 Å². The highest BCUT2D eigenvalue weighted by Crippen LogP contribution is 2.45. The van der Waals surface area contributed by atoms with Gasteiger partial charge in [-0.25, -0.2) is 4.98 Å². The van der Waals surface area contributed by atoms with Gasteiger partial charge in [0.15, 0.2) is 0 Å². The van der Waals surface area contributed by atoms with E-state index in [2.05, 4.69) is 56.1 Å². The van der Waals surface area contributed by atoms with Gasteiger partial charge in [-0.2, -0.15) is 0 Å². The van der Waals surface area contributed by atoms with Crippen molar-refractivity contribution in [2.75, 3.05) is 0 Å². The van der Waals surface area contributed by atoms with Crippen molar-refractivity contribution in [3.63, 3.8) is 0 Å². The highest BCUT2D eigenvalue weighted by molar-refractivity contribution is 6.24. The SMILES string of the molecule is Cc1coc2c3ccc4c(c3c3nc(-c5cc6cccc7c6n(c5=O)CC7)[nH]c3c12)CCCC4(C)C. The molecule has 178 valence electrons. The second kappa shape index (κ2) is 6.67. The Morgan fingerprint density at radius 3 is 2.89 bits per heavy atom. The van der Waals surface area contributed by atoms with Crippen molar-refractivity contribution in [3.05, 3.63) is 75.3 Å². The fourth-order valence-corrected chi connectivity index (χ4v) is 7.00. The number of aryl methyl sites for hydroxylation is 4. The minimum absolute atomic E-state index is 0.0270. The fourth-order valence-electron chi connectivity index (χ4n) is 7.00. The molecule has 3 aromatic heterocycles. The monoisotopic (exact) mass is 473 g/mol. The summed E-state index contributed by atoms with van der Waals surface area (Å²) in [6, 6.07) is 12.8.